The minimum Gasteiger partial charge on any atom is -0.495 e. The molecule has 0 bridgehead atoms. The van der Waals surface area contributed by atoms with Gasteiger partial charge in [0.15, 0.2) is 0 Å². The molecule has 0 aliphatic heterocycles. The van der Waals surface area contributed by atoms with Gasteiger partial charge < -0.3 is 14.6 Å². The van der Waals surface area contributed by atoms with Crippen molar-refractivity contribution in [1.29, 1.82) is 0 Å². The molecule has 10 heteroatoms. The maximum Gasteiger partial charge on any atom is 0.262 e. The largest absolute Gasteiger partial charge is 0.495 e. The van der Waals surface area contributed by atoms with Crippen LogP contribution in [-0.2, 0) is 17.1 Å². The van der Waals surface area contributed by atoms with Crippen LogP contribution < -0.4 is 20.3 Å². The van der Waals surface area contributed by atoms with Crippen molar-refractivity contribution in [3.05, 3.63) is 94.5 Å². The highest BCUT2D eigenvalue weighted by molar-refractivity contribution is 7.92. The molecule has 0 spiro atoms. The number of carbonyl (C=O) groups excluding carboxylic acids is 1. The zero-order chi connectivity index (χ0) is 24.5. The third kappa shape index (κ3) is 4.48. The minimum absolute atomic E-state index is 0.0680. The van der Waals surface area contributed by atoms with Crippen molar-refractivity contribution in [2.45, 2.75) is 4.90 Å². The normalized spacial score (nSPS) is 11.3. The van der Waals surface area contributed by atoms with Gasteiger partial charge in [0, 0.05) is 24.2 Å². The van der Waals surface area contributed by atoms with Crippen LogP contribution in [0.25, 0.3) is 10.9 Å². The molecule has 1 aromatic heterocycles. The Balaban J connectivity index is 1.67. The number of rotatable bonds is 6. The number of pyridine rings is 1. The molecular weight excluding hydrogens is 461 g/mol. The topological polar surface area (TPSA) is 106 Å². The second-order valence-corrected chi connectivity index (χ2v) is 9.08. The van der Waals surface area contributed by atoms with Crippen molar-refractivity contribution in [2.24, 2.45) is 7.05 Å². The van der Waals surface area contributed by atoms with E-state index >= 15 is 0 Å². The number of carbonyl (C=O) groups is 1. The maximum absolute atomic E-state index is 13.2. The van der Waals surface area contributed by atoms with E-state index in [2.05, 4.69) is 10.0 Å². The molecule has 0 radical (unpaired) electrons. The van der Waals surface area contributed by atoms with Gasteiger partial charge in [0.25, 0.3) is 21.5 Å². The number of anilines is 2. The van der Waals surface area contributed by atoms with Crippen LogP contribution in [0.3, 0.4) is 0 Å². The molecular formula is C24H20FN3O5S. The molecule has 4 rings (SSSR count). The van der Waals surface area contributed by atoms with Gasteiger partial charge in [-0.25, -0.2) is 12.8 Å². The molecule has 0 saturated carbocycles. The first-order chi connectivity index (χ1) is 16.2. The summed E-state index contributed by atoms with van der Waals surface area (Å²) in [6.45, 7) is 0. The lowest BCUT2D eigenvalue weighted by atomic mass is 10.1. The van der Waals surface area contributed by atoms with E-state index in [0.717, 1.165) is 24.3 Å². The molecule has 0 saturated heterocycles. The number of aryl methyl sites for hydroxylation is 1. The highest BCUT2D eigenvalue weighted by atomic mass is 32.2. The highest BCUT2D eigenvalue weighted by Gasteiger charge is 2.19. The molecule has 4 aromatic rings. The van der Waals surface area contributed by atoms with Crippen LogP contribution >= 0.6 is 0 Å². The summed E-state index contributed by atoms with van der Waals surface area (Å²) in [5.41, 5.74) is 0.780. The van der Waals surface area contributed by atoms with E-state index < -0.39 is 21.7 Å². The first-order valence-corrected chi connectivity index (χ1v) is 11.5. The third-order valence-corrected chi connectivity index (χ3v) is 6.61. The zero-order valence-electron chi connectivity index (χ0n) is 18.2. The van der Waals surface area contributed by atoms with E-state index in [-0.39, 0.29) is 33.1 Å². The van der Waals surface area contributed by atoms with Crippen molar-refractivity contribution in [3.8, 4) is 5.75 Å². The number of sulfonamides is 1. The molecule has 1 heterocycles. The predicted molar refractivity (Wildman–Crippen MR) is 127 cm³/mol. The fourth-order valence-electron chi connectivity index (χ4n) is 3.48. The van der Waals surface area contributed by atoms with Crippen molar-refractivity contribution in [3.63, 3.8) is 0 Å². The van der Waals surface area contributed by atoms with Crippen LogP contribution in [0.5, 0.6) is 5.75 Å². The number of hydrogen-bond acceptors (Lipinski definition) is 5. The number of nitrogens with one attached hydrogen (secondary N) is 2. The fraction of sp³-hybridized carbons (Fsp3) is 0.0833. The summed E-state index contributed by atoms with van der Waals surface area (Å²) in [4.78, 5) is 25.2. The first-order valence-electron chi connectivity index (χ1n) is 10.1. The van der Waals surface area contributed by atoms with Gasteiger partial charge in [-0.05, 0) is 48.5 Å². The summed E-state index contributed by atoms with van der Waals surface area (Å²) < 4.78 is 47.7. The molecule has 34 heavy (non-hydrogen) atoms. The Morgan fingerprint density at radius 1 is 1.00 bits per heavy atom. The van der Waals surface area contributed by atoms with Gasteiger partial charge in [0.2, 0.25) is 0 Å². The average molecular weight is 482 g/mol. The Labute approximate surface area is 194 Å². The summed E-state index contributed by atoms with van der Waals surface area (Å²) in [5.74, 6) is -0.890. The van der Waals surface area contributed by atoms with Gasteiger partial charge in [-0.2, -0.15) is 0 Å². The summed E-state index contributed by atoms with van der Waals surface area (Å²) in [6, 6.07) is 17.0. The molecule has 174 valence electrons. The molecule has 0 atom stereocenters. The number of amides is 1. The van der Waals surface area contributed by atoms with E-state index in [1.165, 1.54) is 35.9 Å². The van der Waals surface area contributed by atoms with Gasteiger partial charge in [-0.3, -0.25) is 14.3 Å². The van der Waals surface area contributed by atoms with Crippen LogP contribution in [-0.4, -0.2) is 26.0 Å². The van der Waals surface area contributed by atoms with Crippen LogP contribution in [0.4, 0.5) is 15.8 Å². The van der Waals surface area contributed by atoms with Crippen molar-refractivity contribution in [2.75, 3.05) is 17.1 Å². The zero-order valence-corrected chi connectivity index (χ0v) is 19.0. The Bertz CT molecular complexity index is 1560. The number of para-hydroxylation sites is 1. The second kappa shape index (κ2) is 8.99. The molecule has 0 fully saturated rings. The van der Waals surface area contributed by atoms with E-state index in [4.69, 9.17) is 4.74 Å². The highest BCUT2D eigenvalue weighted by Crippen LogP contribution is 2.30. The Hall–Kier alpha value is -4.18. The Morgan fingerprint density at radius 3 is 2.41 bits per heavy atom. The number of halogens is 1. The molecule has 1 amide bonds. The summed E-state index contributed by atoms with van der Waals surface area (Å²) in [6.07, 6.45) is 0. The van der Waals surface area contributed by atoms with Crippen molar-refractivity contribution >= 4 is 38.2 Å². The van der Waals surface area contributed by atoms with E-state index in [1.54, 1.807) is 31.3 Å². The van der Waals surface area contributed by atoms with Gasteiger partial charge in [0.1, 0.15) is 11.6 Å². The lowest BCUT2D eigenvalue weighted by Gasteiger charge is -2.15. The molecule has 0 aliphatic rings. The smallest absolute Gasteiger partial charge is 0.262 e. The third-order valence-electron chi connectivity index (χ3n) is 5.22. The van der Waals surface area contributed by atoms with Gasteiger partial charge in [-0.1, -0.05) is 18.2 Å². The molecule has 8 nitrogen and oxygen atoms in total. The fourth-order valence-corrected chi connectivity index (χ4v) is 4.54. The second-order valence-electron chi connectivity index (χ2n) is 7.40. The van der Waals surface area contributed by atoms with Crippen molar-refractivity contribution < 1.29 is 22.3 Å². The number of hydrogen-bond donors (Lipinski definition) is 2. The molecule has 3 aromatic carbocycles. The number of methoxy groups -OCH3 is 1. The summed E-state index contributed by atoms with van der Waals surface area (Å²) in [7, 11) is -1.06. The Morgan fingerprint density at radius 2 is 1.71 bits per heavy atom. The predicted octanol–water partition coefficient (Wildman–Crippen LogP) is 3.74. The van der Waals surface area contributed by atoms with Gasteiger partial charge in [-0.15, -0.1) is 0 Å². The number of ether oxygens (including phenoxy) is 1. The molecule has 2 N–H and O–H groups in total. The van der Waals surface area contributed by atoms with Gasteiger partial charge >= 0.3 is 0 Å². The SMILES string of the molecule is COc1ccc(NC(=O)c2cc(=O)n(C)c3ccccc23)cc1NS(=O)(=O)c1ccc(F)cc1. The quantitative estimate of drug-likeness (QED) is 0.436. The average Bonchev–Trinajstić information content (AvgIpc) is 2.81. The lowest BCUT2D eigenvalue weighted by Crippen LogP contribution is -2.21. The van der Waals surface area contributed by atoms with E-state index in [1.807, 2.05) is 0 Å². The van der Waals surface area contributed by atoms with E-state index in [0.29, 0.717) is 10.9 Å². The van der Waals surface area contributed by atoms with Crippen molar-refractivity contribution in [1.82, 2.24) is 4.57 Å². The van der Waals surface area contributed by atoms with Crippen LogP contribution in [0.1, 0.15) is 10.4 Å². The molecule has 0 aliphatic carbocycles. The number of aromatic nitrogens is 1. The lowest BCUT2D eigenvalue weighted by molar-refractivity contribution is 0.102. The van der Waals surface area contributed by atoms with Crippen LogP contribution in [0.2, 0.25) is 0 Å². The van der Waals surface area contributed by atoms with Crippen LogP contribution in [0.15, 0.2) is 82.5 Å². The number of benzene rings is 3. The van der Waals surface area contributed by atoms with E-state index in [9.17, 15) is 22.4 Å². The first kappa shape index (κ1) is 23.0. The van der Waals surface area contributed by atoms with Gasteiger partial charge in [0.05, 0.1) is 28.8 Å². The maximum atomic E-state index is 13.2. The number of nitrogens with zero attached hydrogens (tertiary/aromatic N) is 1. The minimum atomic E-state index is -4.05. The number of fused-ring (bicyclic) bond motifs is 1. The monoisotopic (exact) mass is 481 g/mol. The summed E-state index contributed by atoms with van der Waals surface area (Å²) in [5, 5.41) is 3.29. The standard InChI is InChI=1S/C24H20FN3O5S/c1-28-21-6-4-3-5-18(21)19(14-23(28)29)24(30)26-16-9-12-22(33-2)20(13-16)27-34(31,32)17-10-7-15(25)8-11-17/h3-14,27H,1-2H3,(H,26,30). The summed E-state index contributed by atoms with van der Waals surface area (Å²) >= 11 is 0. The molecule has 0 unspecified atom stereocenters. The Kier molecular flexibility index (Phi) is 6.08. The van der Waals surface area contributed by atoms with Crippen LogP contribution in [0, 0.1) is 5.82 Å².